The molecule has 2 aliphatic rings. The highest BCUT2D eigenvalue weighted by Crippen LogP contribution is 2.39. The lowest BCUT2D eigenvalue weighted by Crippen LogP contribution is -2.38. The normalized spacial score (nSPS) is 19.6. The summed E-state index contributed by atoms with van der Waals surface area (Å²) >= 11 is 0. The van der Waals surface area contributed by atoms with Gasteiger partial charge in [-0.25, -0.2) is 4.98 Å². The van der Waals surface area contributed by atoms with Gasteiger partial charge in [0.1, 0.15) is 28.8 Å². The van der Waals surface area contributed by atoms with Crippen molar-refractivity contribution in [1.29, 1.82) is 0 Å². The molecule has 4 aromatic rings. The third-order valence-electron chi connectivity index (χ3n) is 7.76. The van der Waals surface area contributed by atoms with Gasteiger partial charge in [-0.1, -0.05) is 18.2 Å². The van der Waals surface area contributed by atoms with E-state index < -0.39 is 6.10 Å². The summed E-state index contributed by atoms with van der Waals surface area (Å²) in [6.45, 7) is 1.49. The molecule has 1 amide bonds. The molecular formula is C29H31N5O3. The number of pyridine rings is 2. The second kappa shape index (κ2) is 9.59. The van der Waals surface area contributed by atoms with Crippen molar-refractivity contribution in [2.75, 3.05) is 7.11 Å². The molecule has 190 valence electrons. The monoisotopic (exact) mass is 497 g/mol. The largest absolute Gasteiger partial charge is 0.494 e. The molecule has 1 fully saturated rings. The van der Waals surface area contributed by atoms with Crippen molar-refractivity contribution in [3.05, 3.63) is 59.4 Å². The zero-order valence-corrected chi connectivity index (χ0v) is 21.1. The van der Waals surface area contributed by atoms with Crippen LogP contribution in [-0.2, 0) is 17.6 Å². The van der Waals surface area contributed by atoms with Crippen LogP contribution in [0.3, 0.4) is 0 Å². The highest BCUT2D eigenvalue weighted by Gasteiger charge is 2.29. The first-order valence-electron chi connectivity index (χ1n) is 13.0. The number of aliphatic hydroxyl groups excluding tert-OH is 1. The molecule has 2 aliphatic carbocycles. The molecular weight excluding hydrogens is 466 g/mol. The number of rotatable bonds is 6. The second-order valence-electron chi connectivity index (χ2n) is 10.2. The molecule has 1 saturated carbocycles. The van der Waals surface area contributed by atoms with E-state index in [1.807, 2.05) is 24.4 Å². The van der Waals surface area contributed by atoms with E-state index in [-0.39, 0.29) is 17.9 Å². The van der Waals surface area contributed by atoms with Gasteiger partial charge in [0.15, 0.2) is 0 Å². The molecule has 3 atom stereocenters. The van der Waals surface area contributed by atoms with Crippen molar-refractivity contribution in [2.45, 2.75) is 63.5 Å². The summed E-state index contributed by atoms with van der Waals surface area (Å²) in [5, 5.41) is 20.1. The molecule has 8 nitrogen and oxygen atoms in total. The number of carbonyl (C=O) groups is 1. The van der Waals surface area contributed by atoms with Crippen LogP contribution < -0.4 is 10.1 Å². The van der Waals surface area contributed by atoms with Gasteiger partial charge in [0.2, 0.25) is 5.91 Å². The lowest BCUT2D eigenvalue weighted by molar-refractivity contribution is -0.129. The molecule has 6 rings (SSSR count). The van der Waals surface area contributed by atoms with Crippen LogP contribution in [0.25, 0.3) is 33.5 Å². The van der Waals surface area contributed by atoms with Crippen LogP contribution in [0.15, 0.2) is 42.6 Å². The number of aryl methyl sites for hydroxylation is 1. The maximum atomic E-state index is 11.8. The van der Waals surface area contributed by atoms with Gasteiger partial charge in [-0.05, 0) is 68.7 Å². The van der Waals surface area contributed by atoms with Gasteiger partial charge >= 0.3 is 0 Å². The molecule has 8 heteroatoms. The summed E-state index contributed by atoms with van der Waals surface area (Å²) in [7, 11) is 1.68. The van der Waals surface area contributed by atoms with Crippen molar-refractivity contribution >= 4 is 16.9 Å². The number of aromatic nitrogens is 4. The first-order valence-corrected chi connectivity index (χ1v) is 13.0. The fourth-order valence-electron chi connectivity index (χ4n) is 5.81. The average Bonchev–Trinajstić information content (AvgIpc) is 3.67. The third kappa shape index (κ3) is 4.35. The predicted octanol–water partition coefficient (Wildman–Crippen LogP) is 4.32. The predicted molar refractivity (Wildman–Crippen MR) is 141 cm³/mol. The van der Waals surface area contributed by atoms with Crippen LogP contribution in [-0.4, -0.2) is 50.4 Å². The Morgan fingerprint density at radius 1 is 1.19 bits per heavy atom. The molecule has 0 bridgehead atoms. The first-order chi connectivity index (χ1) is 18.0. The van der Waals surface area contributed by atoms with Crippen LogP contribution in [0.1, 0.15) is 55.3 Å². The van der Waals surface area contributed by atoms with E-state index >= 15 is 0 Å². The molecule has 1 aromatic carbocycles. The summed E-state index contributed by atoms with van der Waals surface area (Å²) in [4.78, 5) is 21.7. The van der Waals surface area contributed by atoms with Gasteiger partial charge in [-0.3, -0.25) is 14.9 Å². The van der Waals surface area contributed by atoms with Gasteiger partial charge in [0.25, 0.3) is 0 Å². The molecule has 37 heavy (non-hydrogen) atoms. The Kier molecular flexibility index (Phi) is 6.12. The molecule has 0 spiro atoms. The summed E-state index contributed by atoms with van der Waals surface area (Å²) in [5.41, 5.74) is 9.02. The van der Waals surface area contributed by atoms with E-state index in [1.54, 1.807) is 7.11 Å². The van der Waals surface area contributed by atoms with Gasteiger partial charge in [0, 0.05) is 41.0 Å². The number of H-pyrrole nitrogens is 1. The maximum Gasteiger partial charge on any atom is 0.248 e. The number of fused-ring (bicyclic) bond motifs is 2. The Bertz CT molecular complexity index is 1460. The Labute approximate surface area is 215 Å². The fourth-order valence-corrected chi connectivity index (χ4v) is 5.81. The fraction of sp³-hybridized carbons (Fsp3) is 0.379. The van der Waals surface area contributed by atoms with Crippen LogP contribution in [0.5, 0.6) is 5.75 Å². The minimum Gasteiger partial charge on any atom is -0.494 e. The zero-order valence-electron chi connectivity index (χ0n) is 21.1. The topological polar surface area (TPSA) is 113 Å². The summed E-state index contributed by atoms with van der Waals surface area (Å²) in [6.07, 6.45) is 6.86. The molecule has 3 aromatic heterocycles. The molecule has 3 unspecified atom stereocenters. The first kappa shape index (κ1) is 23.6. The number of aliphatic hydroxyl groups is 1. The minimum absolute atomic E-state index is 0.0703. The van der Waals surface area contributed by atoms with E-state index in [4.69, 9.17) is 14.7 Å². The number of carbonyl (C=O) groups excluding carboxylic acids is 1. The zero-order chi connectivity index (χ0) is 25.5. The summed E-state index contributed by atoms with van der Waals surface area (Å²) in [5.74, 6) is 0.691. The van der Waals surface area contributed by atoms with Crippen LogP contribution >= 0.6 is 0 Å². The highest BCUT2D eigenvalue weighted by molar-refractivity contribution is 5.93. The average molecular weight is 498 g/mol. The van der Waals surface area contributed by atoms with E-state index in [1.165, 1.54) is 24.5 Å². The van der Waals surface area contributed by atoms with Crippen molar-refractivity contribution in [2.24, 2.45) is 0 Å². The van der Waals surface area contributed by atoms with Gasteiger partial charge < -0.3 is 15.2 Å². The number of hydrogen-bond donors (Lipinski definition) is 3. The van der Waals surface area contributed by atoms with Crippen molar-refractivity contribution in [3.8, 4) is 28.3 Å². The van der Waals surface area contributed by atoms with Crippen molar-refractivity contribution < 1.29 is 14.6 Å². The Balaban J connectivity index is 1.29. The number of nitrogens with one attached hydrogen (secondary N) is 2. The Morgan fingerprint density at radius 2 is 2.08 bits per heavy atom. The van der Waals surface area contributed by atoms with Gasteiger partial charge in [0.05, 0.1) is 12.6 Å². The number of benzene rings is 1. The quantitative estimate of drug-likeness (QED) is 0.366. The third-order valence-corrected chi connectivity index (χ3v) is 7.76. The molecule has 3 N–H and O–H groups in total. The SMILES string of the molecule is COc1cc2[nH]nc(-c3ccc(C4CCC(NC(=O)C(C)O)C4)nc3)c2nc1-c1cccc2c1CCC2. The smallest absolute Gasteiger partial charge is 0.248 e. The number of nitrogens with zero attached hydrogens (tertiary/aromatic N) is 3. The Hall–Kier alpha value is -3.78. The standard InChI is InChI=1S/C29H31N5O3/c1-16(35)29(36)31-20-11-9-18(13-20)23-12-10-19(15-30-23)26-28-24(33-34-26)14-25(37-2)27(32-28)22-8-4-6-17-5-3-7-21(17)22/h4,6,8,10,12,14-16,18,20,35H,3,5,7,9,11,13H2,1-2H3,(H,31,36)(H,33,34). The minimum atomic E-state index is -0.989. The number of amides is 1. The van der Waals surface area contributed by atoms with E-state index in [2.05, 4.69) is 33.7 Å². The van der Waals surface area contributed by atoms with E-state index in [9.17, 15) is 9.90 Å². The number of methoxy groups -OCH3 is 1. The maximum absolute atomic E-state index is 11.8. The summed E-state index contributed by atoms with van der Waals surface area (Å²) in [6, 6.07) is 12.6. The van der Waals surface area contributed by atoms with E-state index in [0.29, 0.717) is 0 Å². The molecule has 0 radical (unpaired) electrons. The van der Waals surface area contributed by atoms with Gasteiger partial charge in [-0.15, -0.1) is 0 Å². The number of aromatic amines is 1. The lowest BCUT2D eigenvalue weighted by atomic mass is 9.99. The van der Waals surface area contributed by atoms with Crippen molar-refractivity contribution in [1.82, 2.24) is 25.5 Å². The number of ether oxygens (including phenoxy) is 1. The van der Waals surface area contributed by atoms with Gasteiger partial charge in [-0.2, -0.15) is 5.10 Å². The second-order valence-corrected chi connectivity index (χ2v) is 10.2. The molecule has 0 aliphatic heterocycles. The van der Waals surface area contributed by atoms with Crippen LogP contribution in [0.2, 0.25) is 0 Å². The Morgan fingerprint density at radius 3 is 2.86 bits per heavy atom. The molecule has 0 saturated heterocycles. The van der Waals surface area contributed by atoms with Crippen LogP contribution in [0, 0.1) is 0 Å². The lowest BCUT2D eigenvalue weighted by Gasteiger charge is -2.14. The highest BCUT2D eigenvalue weighted by atomic mass is 16.5. The summed E-state index contributed by atoms with van der Waals surface area (Å²) < 4.78 is 5.74. The van der Waals surface area contributed by atoms with Crippen molar-refractivity contribution in [3.63, 3.8) is 0 Å². The van der Waals surface area contributed by atoms with Crippen LogP contribution in [0.4, 0.5) is 0 Å². The number of hydrogen-bond acceptors (Lipinski definition) is 6. The van der Waals surface area contributed by atoms with E-state index in [0.717, 1.165) is 77.1 Å². The molecule has 3 heterocycles.